The molecule has 0 aliphatic carbocycles. The van der Waals surface area contributed by atoms with Gasteiger partial charge in [0.2, 0.25) is 17.7 Å². The van der Waals surface area contributed by atoms with Crippen molar-refractivity contribution in [3.63, 3.8) is 0 Å². The smallest absolute Gasteiger partial charge is 0.243 e. The largest absolute Gasteiger partial charge is 0.497 e. The number of nitrogens with two attached hydrogens (primary N) is 1. The second-order valence-corrected chi connectivity index (χ2v) is 11.5. The van der Waals surface area contributed by atoms with E-state index in [0.717, 1.165) is 53.8 Å². The Bertz CT molecular complexity index is 1420. The molecule has 0 unspecified atom stereocenters. The fourth-order valence-corrected chi connectivity index (χ4v) is 6.03. The van der Waals surface area contributed by atoms with Gasteiger partial charge in [0, 0.05) is 46.2 Å². The van der Waals surface area contributed by atoms with Crippen LogP contribution in [0.15, 0.2) is 42.5 Å². The SMILES string of the molecule is COc1ccc(C[C@@H]2C[C@@H](C(=O)NCc3ccc4c(c3)nnn4C)N(C(=O)[C@H](N)CCC(=O)N3CCCNCC3)C2)cc1. The molecule has 2 fully saturated rings. The van der Waals surface area contributed by atoms with Crippen LogP contribution in [0.3, 0.4) is 0 Å². The zero-order valence-electron chi connectivity index (χ0n) is 25.0. The number of ether oxygens (including phenoxy) is 1. The number of hydrogen-bond donors (Lipinski definition) is 3. The molecule has 12 heteroatoms. The molecule has 0 spiro atoms. The van der Waals surface area contributed by atoms with E-state index in [4.69, 9.17) is 10.5 Å². The summed E-state index contributed by atoms with van der Waals surface area (Å²) in [6.07, 6.45) is 2.60. The Hall–Kier alpha value is -4.03. The lowest BCUT2D eigenvalue weighted by atomic mass is 9.96. The monoisotopic (exact) mass is 590 g/mol. The molecular weight excluding hydrogens is 548 g/mol. The highest BCUT2D eigenvalue weighted by atomic mass is 16.5. The van der Waals surface area contributed by atoms with Crippen molar-refractivity contribution < 1.29 is 19.1 Å². The predicted octanol–water partition coefficient (Wildman–Crippen LogP) is 0.982. The summed E-state index contributed by atoms with van der Waals surface area (Å²) in [4.78, 5) is 43.5. The molecule has 2 saturated heterocycles. The van der Waals surface area contributed by atoms with E-state index in [9.17, 15) is 14.4 Å². The summed E-state index contributed by atoms with van der Waals surface area (Å²) in [5.41, 5.74) is 10.0. The quantitative estimate of drug-likeness (QED) is 0.317. The fraction of sp³-hybridized carbons (Fsp3) is 0.516. The lowest BCUT2D eigenvalue weighted by Gasteiger charge is -2.27. The van der Waals surface area contributed by atoms with Crippen molar-refractivity contribution in [3.8, 4) is 5.75 Å². The van der Waals surface area contributed by atoms with Crippen LogP contribution in [-0.4, -0.2) is 94.4 Å². The normalized spacial score (nSPS) is 19.7. The Morgan fingerprint density at radius 1 is 1.12 bits per heavy atom. The molecule has 3 heterocycles. The number of carbonyl (C=O) groups is 3. The van der Waals surface area contributed by atoms with Gasteiger partial charge in [-0.25, -0.2) is 4.68 Å². The lowest BCUT2D eigenvalue weighted by Crippen LogP contribution is -2.51. The third-order valence-corrected chi connectivity index (χ3v) is 8.48. The fourth-order valence-electron chi connectivity index (χ4n) is 6.03. The summed E-state index contributed by atoms with van der Waals surface area (Å²) in [5, 5.41) is 14.5. The zero-order chi connectivity index (χ0) is 30.3. The molecule has 2 aliphatic rings. The van der Waals surface area contributed by atoms with E-state index in [0.29, 0.717) is 32.6 Å². The molecule has 3 atom stereocenters. The highest BCUT2D eigenvalue weighted by Crippen LogP contribution is 2.28. The van der Waals surface area contributed by atoms with E-state index in [-0.39, 0.29) is 36.5 Å². The topological polar surface area (TPSA) is 148 Å². The van der Waals surface area contributed by atoms with Crippen molar-refractivity contribution in [1.82, 2.24) is 35.4 Å². The van der Waals surface area contributed by atoms with Crippen LogP contribution in [0, 0.1) is 5.92 Å². The van der Waals surface area contributed by atoms with Gasteiger partial charge in [-0.2, -0.15) is 0 Å². The molecule has 43 heavy (non-hydrogen) atoms. The third-order valence-electron chi connectivity index (χ3n) is 8.48. The molecule has 3 amide bonds. The summed E-state index contributed by atoms with van der Waals surface area (Å²) in [6, 6.07) is 12.1. The number of aryl methyl sites for hydroxylation is 1. The molecule has 3 aromatic rings. The number of nitrogens with zero attached hydrogens (tertiary/aromatic N) is 5. The molecule has 12 nitrogen and oxygen atoms in total. The van der Waals surface area contributed by atoms with Crippen LogP contribution in [0.5, 0.6) is 5.75 Å². The molecule has 0 radical (unpaired) electrons. The van der Waals surface area contributed by atoms with Crippen molar-refractivity contribution >= 4 is 28.8 Å². The van der Waals surface area contributed by atoms with Gasteiger partial charge in [0.1, 0.15) is 17.3 Å². The number of likely N-dealkylation sites (tertiary alicyclic amines) is 1. The van der Waals surface area contributed by atoms with Gasteiger partial charge >= 0.3 is 0 Å². The number of fused-ring (bicyclic) bond motifs is 1. The highest BCUT2D eigenvalue weighted by Gasteiger charge is 2.41. The maximum atomic E-state index is 13.7. The first kappa shape index (κ1) is 30.4. The molecule has 4 N–H and O–H groups in total. The van der Waals surface area contributed by atoms with Gasteiger partial charge in [0.15, 0.2) is 0 Å². The standard InChI is InChI=1S/C31H42N8O4/c1-37-27-10-6-22(17-26(27)35-36-37)19-34-30(41)28-18-23(16-21-4-7-24(43-2)8-5-21)20-39(28)31(42)25(32)9-11-29(40)38-14-3-12-33-13-15-38/h4-8,10,17,23,25,28,33H,3,9,11-16,18-20,32H2,1-2H3,(H,34,41)/t23-,25-,28+/m1/s1. The van der Waals surface area contributed by atoms with Crippen molar-refractivity contribution in [1.29, 1.82) is 0 Å². The maximum Gasteiger partial charge on any atom is 0.243 e. The Morgan fingerprint density at radius 2 is 1.91 bits per heavy atom. The van der Waals surface area contributed by atoms with Crippen LogP contribution in [0.1, 0.15) is 36.8 Å². The van der Waals surface area contributed by atoms with E-state index in [2.05, 4.69) is 20.9 Å². The van der Waals surface area contributed by atoms with Crippen LogP contribution >= 0.6 is 0 Å². The second kappa shape index (κ2) is 14.0. The molecule has 230 valence electrons. The molecule has 1 aromatic heterocycles. The number of hydrogen-bond acceptors (Lipinski definition) is 8. The Labute approximate surface area is 251 Å². The summed E-state index contributed by atoms with van der Waals surface area (Å²) < 4.78 is 6.98. The van der Waals surface area contributed by atoms with E-state index in [1.807, 2.05) is 54.4 Å². The van der Waals surface area contributed by atoms with Crippen LogP contribution in [0.25, 0.3) is 11.0 Å². The van der Waals surface area contributed by atoms with Gasteiger partial charge in [0.25, 0.3) is 0 Å². The van der Waals surface area contributed by atoms with Gasteiger partial charge < -0.3 is 30.9 Å². The van der Waals surface area contributed by atoms with Crippen LogP contribution in [-0.2, 0) is 34.4 Å². The van der Waals surface area contributed by atoms with Gasteiger partial charge in [-0.1, -0.05) is 23.4 Å². The van der Waals surface area contributed by atoms with Crippen molar-refractivity contribution in [2.75, 3.05) is 39.8 Å². The van der Waals surface area contributed by atoms with E-state index in [1.165, 1.54) is 0 Å². The number of amides is 3. The minimum atomic E-state index is -0.858. The number of aromatic nitrogens is 3. The number of benzene rings is 2. The van der Waals surface area contributed by atoms with Crippen molar-refractivity contribution in [3.05, 3.63) is 53.6 Å². The van der Waals surface area contributed by atoms with Crippen LogP contribution < -0.4 is 21.1 Å². The maximum absolute atomic E-state index is 13.7. The van der Waals surface area contributed by atoms with Crippen molar-refractivity contribution in [2.24, 2.45) is 18.7 Å². The zero-order valence-corrected chi connectivity index (χ0v) is 25.0. The average Bonchev–Trinajstić information content (AvgIpc) is 3.49. The third kappa shape index (κ3) is 7.49. The van der Waals surface area contributed by atoms with Crippen LogP contribution in [0.4, 0.5) is 0 Å². The summed E-state index contributed by atoms with van der Waals surface area (Å²) in [5.74, 6) is 0.373. The minimum absolute atomic E-state index is 0.0140. The number of rotatable bonds is 10. The summed E-state index contributed by atoms with van der Waals surface area (Å²) in [6.45, 7) is 3.76. The number of nitrogens with one attached hydrogen (secondary N) is 2. The molecule has 0 saturated carbocycles. The van der Waals surface area contributed by atoms with Crippen molar-refractivity contribution in [2.45, 2.75) is 50.7 Å². The molecule has 5 rings (SSSR count). The van der Waals surface area contributed by atoms with Gasteiger partial charge in [-0.05, 0) is 73.5 Å². The first-order valence-corrected chi connectivity index (χ1v) is 15.1. The first-order chi connectivity index (χ1) is 20.8. The van der Waals surface area contributed by atoms with Gasteiger partial charge in [-0.3, -0.25) is 14.4 Å². The molecular formula is C31H42N8O4. The Morgan fingerprint density at radius 3 is 2.70 bits per heavy atom. The van der Waals surface area contributed by atoms with E-state index >= 15 is 0 Å². The first-order valence-electron chi connectivity index (χ1n) is 15.1. The Kier molecular flexibility index (Phi) is 9.88. The number of methoxy groups -OCH3 is 1. The average molecular weight is 591 g/mol. The lowest BCUT2D eigenvalue weighted by molar-refractivity contribution is -0.140. The number of carbonyl (C=O) groups excluding carboxylic acids is 3. The molecule has 0 bridgehead atoms. The van der Waals surface area contributed by atoms with E-state index in [1.54, 1.807) is 16.7 Å². The Balaban J connectivity index is 1.24. The van der Waals surface area contributed by atoms with Gasteiger partial charge in [0.05, 0.1) is 18.7 Å². The highest BCUT2D eigenvalue weighted by molar-refractivity contribution is 5.91. The van der Waals surface area contributed by atoms with Gasteiger partial charge in [-0.15, -0.1) is 5.10 Å². The molecule has 2 aliphatic heterocycles. The minimum Gasteiger partial charge on any atom is -0.497 e. The summed E-state index contributed by atoms with van der Waals surface area (Å²) >= 11 is 0. The molecule has 2 aromatic carbocycles. The van der Waals surface area contributed by atoms with Crippen LogP contribution in [0.2, 0.25) is 0 Å². The summed E-state index contributed by atoms with van der Waals surface area (Å²) in [7, 11) is 3.46. The van der Waals surface area contributed by atoms with E-state index < -0.39 is 12.1 Å². The second-order valence-electron chi connectivity index (χ2n) is 11.5. The predicted molar refractivity (Wildman–Crippen MR) is 162 cm³/mol.